The third-order valence-electron chi connectivity index (χ3n) is 0.885. The van der Waals surface area contributed by atoms with Crippen molar-refractivity contribution in [3.63, 3.8) is 0 Å². The Bertz CT molecular complexity index is 211. The molecule has 1 atom stereocenters. The molecule has 0 aromatic rings. The van der Waals surface area contributed by atoms with Crippen molar-refractivity contribution in [1.29, 1.82) is 0 Å². The summed E-state index contributed by atoms with van der Waals surface area (Å²) in [6.07, 6.45) is 1.46. The predicted molar refractivity (Wildman–Crippen MR) is 39.5 cm³/mol. The lowest BCUT2D eigenvalue weighted by Crippen LogP contribution is -2.30. The summed E-state index contributed by atoms with van der Waals surface area (Å²) in [5, 5.41) is 2.35. The summed E-state index contributed by atoms with van der Waals surface area (Å²) in [6.45, 7) is 1.61. The summed E-state index contributed by atoms with van der Waals surface area (Å²) >= 11 is 0. The Morgan fingerprint density at radius 3 is 2.55 bits per heavy atom. The van der Waals surface area contributed by atoms with Crippen LogP contribution in [-0.2, 0) is 19.1 Å². The molecule has 1 amide bonds. The van der Waals surface area contributed by atoms with Crippen molar-refractivity contribution in [1.82, 2.24) is 5.32 Å². The van der Waals surface area contributed by atoms with Crippen LogP contribution < -0.4 is 5.32 Å². The highest BCUT2D eigenvalue weighted by Crippen LogP contribution is 1.89. The fraction of sp³-hybridized carbons (Fsp3) is 0.800. The Morgan fingerprint density at radius 1 is 1.64 bits per heavy atom. The zero-order valence-electron chi connectivity index (χ0n) is 6.40. The first-order valence-corrected chi connectivity index (χ1v) is 4.81. The highest BCUT2D eigenvalue weighted by molar-refractivity contribution is 7.85. The molecule has 0 rings (SSSR count). The van der Waals surface area contributed by atoms with Gasteiger partial charge < -0.3 is 5.32 Å². The maximum absolute atomic E-state index is 10.4. The molecule has 0 aliphatic carbocycles. The molecular weight excluding hydrogens is 170 g/mol. The lowest BCUT2D eigenvalue weighted by molar-refractivity contribution is -0.110. The molecule has 0 spiro atoms. The zero-order chi connectivity index (χ0) is 8.91. The van der Waals surface area contributed by atoms with Crippen LogP contribution in [0.1, 0.15) is 6.92 Å². The van der Waals surface area contributed by atoms with Crippen LogP contribution in [0.15, 0.2) is 0 Å². The maximum Gasteiger partial charge on any atom is 0.264 e. The van der Waals surface area contributed by atoms with E-state index in [0.717, 1.165) is 6.26 Å². The van der Waals surface area contributed by atoms with Gasteiger partial charge in [-0.05, 0) is 6.92 Å². The second kappa shape index (κ2) is 4.30. The van der Waals surface area contributed by atoms with Gasteiger partial charge in [0.1, 0.15) is 0 Å². The monoisotopic (exact) mass is 181 g/mol. The Balaban J connectivity index is 3.62. The Morgan fingerprint density at radius 2 is 2.18 bits per heavy atom. The Kier molecular flexibility index (Phi) is 4.06. The molecule has 0 fully saturated rings. The fourth-order valence-electron chi connectivity index (χ4n) is 0.390. The van der Waals surface area contributed by atoms with Gasteiger partial charge in [-0.2, -0.15) is 8.42 Å². The first kappa shape index (κ1) is 10.4. The minimum Gasteiger partial charge on any atom is -0.354 e. The van der Waals surface area contributed by atoms with E-state index in [4.69, 9.17) is 0 Å². The second-order valence-corrected chi connectivity index (χ2v) is 3.82. The minimum atomic E-state index is -3.39. The van der Waals surface area contributed by atoms with Gasteiger partial charge in [-0.25, -0.2) is 0 Å². The zero-order valence-corrected chi connectivity index (χ0v) is 7.22. The number of carbonyl (C=O) groups excluding carboxylic acids is 1. The SMILES string of the molecule is C[C@@H](COS(C)(=O)=O)NC=O. The van der Waals surface area contributed by atoms with Crippen LogP contribution in [0.25, 0.3) is 0 Å². The number of carbonyl (C=O) groups is 1. The molecule has 0 saturated carbocycles. The molecule has 0 bridgehead atoms. The van der Waals surface area contributed by atoms with E-state index in [0.29, 0.717) is 6.41 Å². The van der Waals surface area contributed by atoms with Crippen molar-refractivity contribution in [2.75, 3.05) is 12.9 Å². The highest BCUT2D eigenvalue weighted by Gasteiger charge is 2.05. The topological polar surface area (TPSA) is 72.5 Å². The molecule has 6 heteroatoms. The molecule has 0 radical (unpaired) electrons. The van der Waals surface area contributed by atoms with E-state index in [1.807, 2.05) is 0 Å². The normalized spacial score (nSPS) is 14.0. The van der Waals surface area contributed by atoms with Gasteiger partial charge in [-0.1, -0.05) is 0 Å². The number of hydrogen-bond acceptors (Lipinski definition) is 4. The van der Waals surface area contributed by atoms with Gasteiger partial charge in [-0.15, -0.1) is 0 Å². The van der Waals surface area contributed by atoms with Crippen molar-refractivity contribution in [2.45, 2.75) is 13.0 Å². The van der Waals surface area contributed by atoms with Crippen LogP contribution in [0, 0.1) is 0 Å². The van der Waals surface area contributed by atoms with Gasteiger partial charge in [0.15, 0.2) is 0 Å². The van der Waals surface area contributed by atoms with Gasteiger partial charge >= 0.3 is 0 Å². The molecule has 0 aromatic carbocycles. The average Bonchev–Trinajstić information content (AvgIpc) is 1.83. The smallest absolute Gasteiger partial charge is 0.264 e. The summed E-state index contributed by atoms with van der Waals surface area (Å²) < 4.78 is 25.2. The van der Waals surface area contributed by atoms with E-state index in [1.54, 1.807) is 6.92 Å². The van der Waals surface area contributed by atoms with Crippen molar-refractivity contribution in [2.24, 2.45) is 0 Å². The molecule has 0 unspecified atom stereocenters. The molecule has 11 heavy (non-hydrogen) atoms. The fourth-order valence-corrected chi connectivity index (χ4v) is 0.841. The van der Waals surface area contributed by atoms with Crippen LogP contribution in [0.2, 0.25) is 0 Å². The minimum absolute atomic E-state index is 0.0302. The van der Waals surface area contributed by atoms with E-state index < -0.39 is 10.1 Å². The van der Waals surface area contributed by atoms with E-state index in [9.17, 15) is 13.2 Å². The summed E-state index contributed by atoms with van der Waals surface area (Å²) in [7, 11) is -3.39. The molecule has 0 aliphatic heterocycles. The average molecular weight is 181 g/mol. The van der Waals surface area contributed by atoms with Gasteiger partial charge in [0.25, 0.3) is 10.1 Å². The van der Waals surface area contributed by atoms with Crippen LogP contribution >= 0.6 is 0 Å². The van der Waals surface area contributed by atoms with E-state index in [2.05, 4.69) is 9.50 Å². The van der Waals surface area contributed by atoms with Gasteiger partial charge in [0, 0.05) is 0 Å². The summed E-state index contributed by atoms with van der Waals surface area (Å²) in [5.41, 5.74) is 0. The molecule has 0 aliphatic rings. The van der Waals surface area contributed by atoms with Gasteiger partial charge in [0.2, 0.25) is 6.41 Å². The molecule has 0 heterocycles. The number of nitrogens with one attached hydrogen (secondary N) is 1. The molecule has 5 nitrogen and oxygen atoms in total. The lowest BCUT2D eigenvalue weighted by Gasteiger charge is -2.08. The third-order valence-corrected chi connectivity index (χ3v) is 1.45. The molecule has 0 aromatic heterocycles. The molecular formula is C5H11NO4S. The first-order valence-electron chi connectivity index (χ1n) is 3.00. The van der Waals surface area contributed by atoms with E-state index >= 15 is 0 Å². The second-order valence-electron chi connectivity index (χ2n) is 2.17. The predicted octanol–water partition coefficient (Wildman–Crippen LogP) is -0.903. The highest BCUT2D eigenvalue weighted by atomic mass is 32.2. The Hall–Kier alpha value is -0.620. The van der Waals surface area contributed by atoms with Crippen LogP contribution in [-0.4, -0.2) is 33.7 Å². The summed E-state index contributed by atoms with van der Waals surface area (Å²) in [6, 6.07) is -0.290. The first-order chi connectivity index (χ1) is 4.95. The van der Waals surface area contributed by atoms with Crippen LogP contribution in [0.5, 0.6) is 0 Å². The molecule has 0 saturated heterocycles. The summed E-state index contributed by atoms with van der Waals surface area (Å²) in [4.78, 5) is 9.82. The largest absolute Gasteiger partial charge is 0.354 e. The van der Waals surface area contributed by atoms with Crippen molar-refractivity contribution in [3.05, 3.63) is 0 Å². The lowest BCUT2D eigenvalue weighted by atomic mass is 10.4. The van der Waals surface area contributed by atoms with Gasteiger partial charge in [0.05, 0.1) is 18.9 Å². The van der Waals surface area contributed by atoms with E-state index in [-0.39, 0.29) is 12.6 Å². The molecule has 66 valence electrons. The quantitative estimate of drug-likeness (QED) is 0.440. The van der Waals surface area contributed by atoms with Crippen molar-refractivity contribution < 1.29 is 17.4 Å². The van der Waals surface area contributed by atoms with Gasteiger partial charge in [-0.3, -0.25) is 8.98 Å². The van der Waals surface area contributed by atoms with Crippen molar-refractivity contribution >= 4 is 16.5 Å². The number of hydrogen-bond donors (Lipinski definition) is 1. The van der Waals surface area contributed by atoms with Crippen molar-refractivity contribution in [3.8, 4) is 0 Å². The standard InChI is InChI=1S/C5H11NO4S/c1-5(6-4-7)3-10-11(2,8)9/h4-5H,3H2,1-2H3,(H,6,7)/t5-/m0/s1. The van der Waals surface area contributed by atoms with Crippen LogP contribution in [0.4, 0.5) is 0 Å². The Labute approximate surface area is 65.9 Å². The van der Waals surface area contributed by atoms with E-state index in [1.165, 1.54) is 0 Å². The number of amides is 1. The summed E-state index contributed by atoms with van der Waals surface area (Å²) in [5.74, 6) is 0. The maximum atomic E-state index is 10.4. The number of rotatable bonds is 5. The third kappa shape index (κ3) is 7.27. The van der Waals surface area contributed by atoms with Crippen LogP contribution in [0.3, 0.4) is 0 Å². The molecule has 1 N–H and O–H groups in total.